The summed E-state index contributed by atoms with van der Waals surface area (Å²) in [7, 11) is 3.20. The normalized spacial score (nSPS) is 21.6. The topological polar surface area (TPSA) is 70.7 Å². The summed E-state index contributed by atoms with van der Waals surface area (Å²) < 4.78 is 5.20. The first-order valence-electron chi connectivity index (χ1n) is 7.23. The molecule has 6 heteroatoms. The van der Waals surface area contributed by atoms with Crippen molar-refractivity contribution in [2.24, 2.45) is 0 Å². The van der Waals surface area contributed by atoms with Crippen molar-refractivity contribution in [3.8, 4) is 5.75 Å². The number of nitrogens with one attached hydrogen (secondary N) is 2. The van der Waals surface area contributed by atoms with Crippen molar-refractivity contribution in [2.75, 3.05) is 24.8 Å². The fourth-order valence-corrected chi connectivity index (χ4v) is 3.25. The average Bonchev–Trinajstić information content (AvgIpc) is 2.84. The third kappa shape index (κ3) is 1.63. The number of anilines is 2. The minimum absolute atomic E-state index is 0.196. The Labute approximate surface area is 133 Å². The van der Waals surface area contributed by atoms with E-state index in [0.29, 0.717) is 28.3 Å². The van der Waals surface area contributed by atoms with E-state index < -0.39 is 5.66 Å². The first-order chi connectivity index (χ1) is 11.1. The van der Waals surface area contributed by atoms with E-state index in [2.05, 4.69) is 10.6 Å². The Bertz CT molecular complexity index is 849. The number of rotatable bonds is 1. The van der Waals surface area contributed by atoms with Crippen LogP contribution in [0.4, 0.5) is 11.4 Å². The van der Waals surface area contributed by atoms with Crippen LogP contribution in [0.5, 0.6) is 5.75 Å². The number of benzene rings is 2. The Balaban J connectivity index is 1.93. The van der Waals surface area contributed by atoms with Gasteiger partial charge in [0.15, 0.2) is 0 Å². The summed E-state index contributed by atoms with van der Waals surface area (Å²) >= 11 is 0. The summed E-state index contributed by atoms with van der Waals surface area (Å²) in [4.78, 5) is 26.9. The van der Waals surface area contributed by atoms with Gasteiger partial charge in [0.25, 0.3) is 11.8 Å². The summed E-state index contributed by atoms with van der Waals surface area (Å²) in [5.41, 5.74) is 1.30. The average molecular weight is 309 g/mol. The molecule has 1 unspecified atom stereocenters. The highest BCUT2D eigenvalue weighted by Crippen LogP contribution is 2.45. The maximum Gasteiger partial charge on any atom is 0.276 e. The van der Waals surface area contributed by atoms with Gasteiger partial charge in [0.05, 0.1) is 18.4 Å². The minimum Gasteiger partial charge on any atom is -0.497 e. The van der Waals surface area contributed by atoms with Crippen molar-refractivity contribution in [1.29, 1.82) is 0 Å². The molecule has 116 valence electrons. The predicted octanol–water partition coefficient (Wildman–Crippen LogP) is 2.00. The smallest absolute Gasteiger partial charge is 0.276 e. The van der Waals surface area contributed by atoms with Gasteiger partial charge in [0, 0.05) is 24.4 Å². The van der Waals surface area contributed by atoms with E-state index in [0.717, 1.165) is 0 Å². The summed E-state index contributed by atoms with van der Waals surface area (Å²) in [6, 6.07) is 12.5. The number of nitrogens with zero attached hydrogens (tertiary/aromatic N) is 1. The zero-order valence-electron chi connectivity index (χ0n) is 12.7. The first kappa shape index (κ1) is 13.6. The van der Waals surface area contributed by atoms with E-state index in [9.17, 15) is 9.59 Å². The number of methoxy groups -OCH3 is 1. The second-order valence-corrected chi connectivity index (χ2v) is 5.61. The van der Waals surface area contributed by atoms with Gasteiger partial charge in [0.2, 0.25) is 5.66 Å². The first-order valence-corrected chi connectivity index (χ1v) is 7.23. The molecule has 0 aliphatic carbocycles. The van der Waals surface area contributed by atoms with Crippen LogP contribution in [0.2, 0.25) is 0 Å². The number of carbonyl (C=O) groups is 2. The molecule has 0 bridgehead atoms. The monoisotopic (exact) mass is 309 g/mol. The second-order valence-electron chi connectivity index (χ2n) is 5.61. The fourth-order valence-electron chi connectivity index (χ4n) is 3.25. The molecule has 2 aliphatic rings. The third-order valence-corrected chi connectivity index (χ3v) is 4.47. The van der Waals surface area contributed by atoms with Crippen LogP contribution < -0.4 is 15.4 Å². The number of hydrogen-bond donors (Lipinski definition) is 2. The number of fused-ring (bicyclic) bond motifs is 3. The SMILES string of the molecule is COc1ccc2c(c1)NC(=O)C21Nc2ccccc2C(=O)N1C. The van der Waals surface area contributed by atoms with Crippen molar-refractivity contribution in [3.63, 3.8) is 0 Å². The number of ether oxygens (including phenoxy) is 1. The standard InChI is InChI=1S/C17H15N3O3/c1-20-15(21)11-5-3-4-6-13(11)19-17(20)12-8-7-10(23-2)9-14(12)18-16(17)22/h3-9,19H,1-2H3,(H,18,22). The largest absolute Gasteiger partial charge is 0.497 e. The highest BCUT2D eigenvalue weighted by atomic mass is 16.5. The Morgan fingerprint density at radius 1 is 1.09 bits per heavy atom. The molecule has 1 atom stereocenters. The Kier molecular flexibility index (Phi) is 2.66. The van der Waals surface area contributed by atoms with Gasteiger partial charge in [-0.3, -0.25) is 9.59 Å². The lowest BCUT2D eigenvalue weighted by atomic mass is 9.93. The van der Waals surface area contributed by atoms with Gasteiger partial charge in [0.1, 0.15) is 5.75 Å². The van der Waals surface area contributed by atoms with Crippen molar-refractivity contribution in [2.45, 2.75) is 5.66 Å². The molecule has 0 saturated carbocycles. The highest BCUT2D eigenvalue weighted by Gasteiger charge is 2.55. The van der Waals surface area contributed by atoms with Crippen LogP contribution in [-0.4, -0.2) is 30.9 Å². The zero-order chi connectivity index (χ0) is 16.2. The number of hydrogen-bond acceptors (Lipinski definition) is 4. The third-order valence-electron chi connectivity index (χ3n) is 4.47. The molecule has 6 nitrogen and oxygen atoms in total. The molecule has 0 fully saturated rings. The number of para-hydroxylation sites is 1. The van der Waals surface area contributed by atoms with Crippen LogP contribution in [-0.2, 0) is 10.5 Å². The summed E-state index contributed by atoms with van der Waals surface area (Å²) in [5, 5.41) is 6.09. The lowest BCUT2D eigenvalue weighted by molar-refractivity contribution is -0.124. The minimum atomic E-state index is -1.24. The molecule has 23 heavy (non-hydrogen) atoms. The quantitative estimate of drug-likeness (QED) is 0.845. The molecule has 2 aromatic carbocycles. The molecule has 2 aliphatic heterocycles. The van der Waals surface area contributed by atoms with Crippen molar-refractivity contribution in [1.82, 2.24) is 4.90 Å². The molecule has 0 aromatic heterocycles. The maximum atomic E-state index is 12.8. The summed E-state index contributed by atoms with van der Waals surface area (Å²) in [5.74, 6) is 0.163. The van der Waals surface area contributed by atoms with Crippen LogP contribution in [0, 0.1) is 0 Å². The van der Waals surface area contributed by atoms with E-state index in [1.165, 1.54) is 4.90 Å². The fraction of sp³-hybridized carbons (Fsp3) is 0.176. The van der Waals surface area contributed by atoms with E-state index in [1.807, 2.05) is 6.07 Å². The van der Waals surface area contributed by atoms with Crippen LogP contribution in [0.3, 0.4) is 0 Å². The molecule has 2 amide bonds. The van der Waals surface area contributed by atoms with Crippen molar-refractivity contribution in [3.05, 3.63) is 53.6 Å². The van der Waals surface area contributed by atoms with Crippen LogP contribution in [0.25, 0.3) is 0 Å². The molecule has 0 saturated heterocycles. The molecule has 1 spiro atoms. The lowest BCUT2D eigenvalue weighted by Gasteiger charge is -2.42. The van der Waals surface area contributed by atoms with Crippen molar-refractivity contribution < 1.29 is 14.3 Å². The van der Waals surface area contributed by atoms with Gasteiger partial charge in [-0.1, -0.05) is 12.1 Å². The van der Waals surface area contributed by atoms with Gasteiger partial charge < -0.3 is 20.3 Å². The Morgan fingerprint density at radius 2 is 1.87 bits per heavy atom. The molecular formula is C17H15N3O3. The Morgan fingerprint density at radius 3 is 2.65 bits per heavy atom. The van der Waals surface area contributed by atoms with E-state index in [1.54, 1.807) is 50.6 Å². The van der Waals surface area contributed by atoms with E-state index in [-0.39, 0.29) is 11.8 Å². The van der Waals surface area contributed by atoms with Gasteiger partial charge in [-0.15, -0.1) is 0 Å². The van der Waals surface area contributed by atoms with Gasteiger partial charge in [-0.2, -0.15) is 0 Å². The van der Waals surface area contributed by atoms with Gasteiger partial charge >= 0.3 is 0 Å². The predicted molar refractivity (Wildman–Crippen MR) is 85.5 cm³/mol. The second kappa shape index (κ2) is 4.49. The summed E-state index contributed by atoms with van der Waals surface area (Å²) in [6.07, 6.45) is 0. The number of carbonyl (C=O) groups excluding carboxylic acids is 2. The summed E-state index contributed by atoms with van der Waals surface area (Å²) in [6.45, 7) is 0. The van der Waals surface area contributed by atoms with E-state index in [4.69, 9.17) is 4.74 Å². The maximum absolute atomic E-state index is 12.8. The number of likely N-dealkylation sites (N-methyl/N-ethyl adjacent to an activating group) is 1. The molecular weight excluding hydrogens is 294 g/mol. The van der Waals surface area contributed by atoms with Crippen molar-refractivity contribution >= 4 is 23.2 Å². The zero-order valence-corrected chi connectivity index (χ0v) is 12.7. The number of amides is 2. The van der Waals surface area contributed by atoms with Crippen LogP contribution in [0.15, 0.2) is 42.5 Å². The van der Waals surface area contributed by atoms with Crippen LogP contribution >= 0.6 is 0 Å². The van der Waals surface area contributed by atoms with E-state index >= 15 is 0 Å². The lowest BCUT2D eigenvalue weighted by Crippen LogP contribution is -2.59. The molecule has 2 aromatic rings. The van der Waals surface area contributed by atoms with Gasteiger partial charge in [-0.05, 0) is 24.3 Å². The van der Waals surface area contributed by atoms with Gasteiger partial charge in [-0.25, -0.2) is 0 Å². The molecule has 2 heterocycles. The van der Waals surface area contributed by atoms with Crippen LogP contribution in [0.1, 0.15) is 15.9 Å². The Hall–Kier alpha value is -3.02. The molecule has 4 rings (SSSR count). The molecule has 2 N–H and O–H groups in total. The molecule has 0 radical (unpaired) electrons. The highest BCUT2D eigenvalue weighted by molar-refractivity contribution is 6.14.